The first-order valence-corrected chi connectivity index (χ1v) is 7.33. The molecule has 2 N–H and O–H groups in total. The lowest BCUT2D eigenvalue weighted by atomic mass is 9.97. The van der Waals surface area contributed by atoms with Gasteiger partial charge in [0.1, 0.15) is 11.5 Å². The van der Waals surface area contributed by atoms with Crippen LogP contribution in [0, 0.1) is 0 Å². The Bertz CT molecular complexity index is 416. The third-order valence-electron chi connectivity index (χ3n) is 3.90. The molecule has 0 saturated heterocycles. The molecule has 0 spiro atoms. The highest BCUT2D eigenvalue weighted by atomic mass is 16.5. The molecule has 0 amide bonds. The van der Waals surface area contributed by atoms with Gasteiger partial charge in [-0.2, -0.15) is 0 Å². The summed E-state index contributed by atoms with van der Waals surface area (Å²) >= 11 is 0. The molecular formula is C16H25NO3. The molecule has 1 unspecified atom stereocenters. The van der Waals surface area contributed by atoms with Crippen LogP contribution in [0.5, 0.6) is 11.5 Å². The summed E-state index contributed by atoms with van der Waals surface area (Å²) in [4.78, 5) is 0. The molecule has 0 heterocycles. The predicted molar refractivity (Wildman–Crippen MR) is 79.3 cm³/mol. The second-order valence-electron chi connectivity index (χ2n) is 5.31. The van der Waals surface area contributed by atoms with Crippen molar-refractivity contribution in [1.29, 1.82) is 0 Å². The highest BCUT2D eigenvalue weighted by Crippen LogP contribution is 2.29. The Labute approximate surface area is 121 Å². The average Bonchev–Trinajstić information content (AvgIpc) is 2.52. The summed E-state index contributed by atoms with van der Waals surface area (Å²) in [5, 5.41) is 0. The summed E-state index contributed by atoms with van der Waals surface area (Å²) in [7, 11) is 3.29. The summed E-state index contributed by atoms with van der Waals surface area (Å²) in [5.74, 6) is 1.52. The van der Waals surface area contributed by atoms with Gasteiger partial charge in [0.2, 0.25) is 0 Å². The third-order valence-corrected chi connectivity index (χ3v) is 3.90. The van der Waals surface area contributed by atoms with Gasteiger partial charge in [-0.05, 0) is 25.0 Å². The van der Waals surface area contributed by atoms with Crippen LogP contribution in [0.4, 0.5) is 0 Å². The highest BCUT2D eigenvalue weighted by molar-refractivity contribution is 5.42. The zero-order chi connectivity index (χ0) is 14.4. The molecule has 1 aliphatic carbocycles. The normalized spacial score (nSPS) is 17.8. The van der Waals surface area contributed by atoms with E-state index in [2.05, 4.69) is 0 Å². The number of hydrogen-bond donors (Lipinski definition) is 1. The van der Waals surface area contributed by atoms with Crippen molar-refractivity contribution in [3.05, 3.63) is 23.8 Å². The van der Waals surface area contributed by atoms with Crippen LogP contribution in [0.2, 0.25) is 0 Å². The summed E-state index contributed by atoms with van der Waals surface area (Å²) in [5.41, 5.74) is 7.20. The third kappa shape index (κ3) is 3.87. The molecule has 20 heavy (non-hydrogen) atoms. The fraction of sp³-hybridized carbons (Fsp3) is 0.625. The molecular weight excluding hydrogens is 254 g/mol. The second-order valence-corrected chi connectivity index (χ2v) is 5.31. The number of hydrogen-bond acceptors (Lipinski definition) is 4. The second kappa shape index (κ2) is 7.50. The van der Waals surface area contributed by atoms with E-state index < -0.39 is 0 Å². The molecule has 4 nitrogen and oxygen atoms in total. The Morgan fingerprint density at radius 1 is 1.15 bits per heavy atom. The first-order valence-electron chi connectivity index (χ1n) is 7.33. The molecule has 0 bridgehead atoms. The maximum Gasteiger partial charge on any atom is 0.127 e. The molecule has 112 valence electrons. The van der Waals surface area contributed by atoms with Crippen LogP contribution in [0.25, 0.3) is 0 Å². The monoisotopic (exact) mass is 279 g/mol. The van der Waals surface area contributed by atoms with Gasteiger partial charge in [-0.3, -0.25) is 0 Å². The van der Waals surface area contributed by atoms with Crippen molar-refractivity contribution in [1.82, 2.24) is 0 Å². The van der Waals surface area contributed by atoms with Crippen molar-refractivity contribution >= 4 is 0 Å². The molecule has 0 aromatic heterocycles. The zero-order valence-corrected chi connectivity index (χ0v) is 12.4. The van der Waals surface area contributed by atoms with E-state index in [1.54, 1.807) is 14.2 Å². The molecule has 1 atom stereocenters. The molecule has 1 aromatic carbocycles. The van der Waals surface area contributed by atoms with Gasteiger partial charge in [0.05, 0.1) is 33.0 Å². The Morgan fingerprint density at radius 2 is 1.90 bits per heavy atom. The molecule has 1 aromatic rings. The van der Waals surface area contributed by atoms with Gasteiger partial charge in [0.25, 0.3) is 0 Å². The minimum atomic E-state index is -0.169. The van der Waals surface area contributed by atoms with Crippen molar-refractivity contribution in [3.8, 4) is 11.5 Å². The van der Waals surface area contributed by atoms with Crippen molar-refractivity contribution in [3.63, 3.8) is 0 Å². The van der Waals surface area contributed by atoms with E-state index in [4.69, 9.17) is 19.9 Å². The molecule has 1 saturated carbocycles. The van der Waals surface area contributed by atoms with Gasteiger partial charge in [-0.15, -0.1) is 0 Å². The Balaban J connectivity index is 1.95. The van der Waals surface area contributed by atoms with Crippen LogP contribution in [-0.4, -0.2) is 26.9 Å². The lowest BCUT2D eigenvalue weighted by Crippen LogP contribution is -2.24. The van der Waals surface area contributed by atoms with E-state index in [0.29, 0.717) is 12.7 Å². The number of benzene rings is 1. The summed E-state index contributed by atoms with van der Waals surface area (Å²) in [6, 6.07) is 5.54. The van der Waals surface area contributed by atoms with Crippen LogP contribution < -0.4 is 15.2 Å². The quantitative estimate of drug-likeness (QED) is 0.869. The van der Waals surface area contributed by atoms with Crippen LogP contribution in [-0.2, 0) is 4.74 Å². The van der Waals surface area contributed by atoms with Gasteiger partial charge in [-0.25, -0.2) is 0 Å². The molecule has 0 radical (unpaired) electrons. The van der Waals surface area contributed by atoms with E-state index in [-0.39, 0.29) is 6.04 Å². The molecule has 1 aliphatic rings. The van der Waals surface area contributed by atoms with Crippen LogP contribution in [0.3, 0.4) is 0 Å². The van der Waals surface area contributed by atoms with Crippen molar-refractivity contribution in [2.24, 2.45) is 5.73 Å². The van der Waals surface area contributed by atoms with Crippen LogP contribution in [0.1, 0.15) is 43.7 Å². The number of rotatable bonds is 6. The highest BCUT2D eigenvalue weighted by Gasteiger charge is 2.18. The van der Waals surface area contributed by atoms with E-state index in [1.807, 2.05) is 18.2 Å². The molecule has 1 fully saturated rings. The van der Waals surface area contributed by atoms with Gasteiger partial charge in [0.15, 0.2) is 0 Å². The topological polar surface area (TPSA) is 53.7 Å². The maximum atomic E-state index is 6.23. The Kier molecular flexibility index (Phi) is 5.68. The van der Waals surface area contributed by atoms with E-state index in [0.717, 1.165) is 29.9 Å². The standard InChI is InChI=1S/C16H25NO3/c1-18-13-8-9-14(16(10-13)19-2)15(17)11-20-12-6-4-3-5-7-12/h8-10,12,15H,3-7,11,17H2,1-2H3. The fourth-order valence-electron chi connectivity index (χ4n) is 2.69. The molecule has 2 rings (SSSR count). The van der Waals surface area contributed by atoms with Gasteiger partial charge >= 0.3 is 0 Å². The smallest absolute Gasteiger partial charge is 0.127 e. The summed E-state index contributed by atoms with van der Waals surface area (Å²) in [6.45, 7) is 0.535. The molecule has 4 heteroatoms. The minimum Gasteiger partial charge on any atom is -0.497 e. The predicted octanol–water partition coefficient (Wildman–Crippen LogP) is 3.05. The largest absolute Gasteiger partial charge is 0.497 e. The lowest BCUT2D eigenvalue weighted by Gasteiger charge is -2.24. The Morgan fingerprint density at radius 3 is 2.55 bits per heavy atom. The Hall–Kier alpha value is -1.26. The number of methoxy groups -OCH3 is 2. The zero-order valence-electron chi connectivity index (χ0n) is 12.4. The first kappa shape index (κ1) is 15.1. The SMILES string of the molecule is COc1ccc(C(N)COC2CCCCC2)c(OC)c1. The van der Waals surface area contributed by atoms with Crippen molar-refractivity contribution in [2.45, 2.75) is 44.2 Å². The summed E-state index contributed by atoms with van der Waals surface area (Å²) < 4.78 is 16.5. The summed E-state index contributed by atoms with van der Waals surface area (Å²) in [6.07, 6.45) is 6.56. The van der Waals surface area contributed by atoms with Crippen molar-refractivity contribution < 1.29 is 14.2 Å². The van der Waals surface area contributed by atoms with Gasteiger partial charge < -0.3 is 19.9 Å². The van der Waals surface area contributed by atoms with Crippen molar-refractivity contribution in [2.75, 3.05) is 20.8 Å². The van der Waals surface area contributed by atoms with Crippen LogP contribution >= 0.6 is 0 Å². The van der Waals surface area contributed by atoms with Gasteiger partial charge in [0, 0.05) is 11.6 Å². The fourth-order valence-corrected chi connectivity index (χ4v) is 2.69. The number of nitrogens with two attached hydrogens (primary N) is 1. The van der Waals surface area contributed by atoms with E-state index in [9.17, 15) is 0 Å². The van der Waals surface area contributed by atoms with Crippen LogP contribution in [0.15, 0.2) is 18.2 Å². The lowest BCUT2D eigenvalue weighted by molar-refractivity contribution is 0.0203. The number of ether oxygens (including phenoxy) is 3. The molecule has 0 aliphatic heterocycles. The first-order chi connectivity index (χ1) is 9.74. The maximum absolute atomic E-state index is 6.23. The van der Waals surface area contributed by atoms with E-state index in [1.165, 1.54) is 19.3 Å². The van der Waals surface area contributed by atoms with Gasteiger partial charge in [-0.1, -0.05) is 19.3 Å². The van der Waals surface area contributed by atoms with E-state index >= 15 is 0 Å². The minimum absolute atomic E-state index is 0.169. The average molecular weight is 279 g/mol.